The van der Waals surface area contributed by atoms with Gasteiger partial charge in [-0.05, 0) is 29.8 Å². The molecule has 0 aliphatic carbocycles. The number of pyridine rings is 1. The highest BCUT2D eigenvalue weighted by Crippen LogP contribution is 2.36. The number of methoxy groups -OCH3 is 1. The summed E-state index contributed by atoms with van der Waals surface area (Å²) >= 11 is 0. The summed E-state index contributed by atoms with van der Waals surface area (Å²) in [5, 5.41) is 1.04. The minimum atomic E-state index is -0.209. The Kier molecular flexibility index (Phi) is 5.99. The maximum Gasteiger partial charge on any atom is 0.341 e. The third-order valence-corrected chi connectivity index (χ3v) is 5.32. The van der Waals surface area contributed by atoms with Crippen LogP contribution in [0.15, 0.2) is 54.7 Å². The van der Waals surface area contributed by atoms with Crippen LogP contribution in [-0.4, -0.2) is 49.3 Å². The van der Waals surface area contributed by atoms with Gasteiger partial charge in [0.1, 0.15) is 17.4 Å². The molecule has 156 valence electrons. The molecule has 1 aliphatic rings. The van der Waals surface area contributed by atoms with Gasteiger partial charge in [0.15, 0.2) is 5.75 Å². The first-order valence-electron chi connectivity index (χ1n) is 9.96. The molecule has 0 unspecified atom stereocenters. The first-order valence-corrected chi connectivity index (χ1v) is 9.96. The molecule has 1 N–H and O–H groups in total. The number of hydrogen-bond donors (Lipinski definition) is 1. The number of carbonyl (C=O) groups excluding carboxylic acids is 1. The highest BCUT2D eigenvalue weighted by Gasteiger charge is 2.24. The van der Waals surface area contributed by atoms with Gasteiger partial charge in [-0.2, -0.15) is 0 Å². The van der Waals surface area contributed by atoms with Crippen LogP contribution in [0.1, 0.15) is 12.8 Å². The van der Waals surface area contributed by atoms with Gasteiger partial charge in [0, 0.05) is 43.1 Å². The zero-order chi connectivity index (χ0) is 20.9. The van der Waals surface area contributed by atoms with Gasteiger partial charge >= 0.3 is 6.03 Å². The van der Waals surface area contributed by atoms with Crippen LogP contribution in [0.3, 0.4) is 0 Å². The molecule has 2 aromatic carbocycles. The number of nitrogens with one attached hydrogen (secondary N) is 1. The molecule has 0 atom stereocenters. The lowest BCUT2D eigenvalue weighted by Crippen LogP contribution is -2.46. The highest BCUT2D eigenvalue weighted by atomic mass is 16.6. The van der Waals surface area contributed by atoms with Crippen molar-refractivity contribution in [1.29, 1.82) is 0 Å². The number of likely N-dealkylation sites (tertiary alicyclic amines) is 1. The van der Waals surface area contributed by atoms with E-state index in [4.69, 9.17) is 9.47 Å². The van der Waals surface area contributed by atoms with Gasteiger partial charge < -0.3 is 14.4 Å². The van der Waals surface area contributed by atoms with Crippen LogP contribution in [0, 0.1) is 0 Å². The number of urea groups is 1. The summed E-state index contributed by atoms with van der Waals surface area (Å²) in [5.41, 5.74) is 5.24. The number of ether oxygens (including phenoxy) is 2. The molecule has 4 rings (SSSR count). The zero-order valence-corrected chi connectivity index (χ0v) is 17.1. The molecular weight excluding hydrogens is 382 g/mol. The van der Waals surface area contributed by atoms with Gasteiger partial charge in [0.05, 0.1) is 14.2 Å². The van der Waals surface area contributed by atoms with Crippen LogP contribution in [0.2, 0.25) is 0 Å². The molecule has 0 spiro atoms. The van der Waals surface area contributed by atoms with E-state index in [9.17, 15) is 4.79 Å². The molecule has 2 heterocycles. The molecule has 1 aromatic heterocycles. The Hall–Kier alpha value is -3.32. The standard InChI is InChI=1S/C23H25N3O4/c1-28-22-20(10-7-17-4-3-13-24-21(17)22)16-5-8-18(9-6-16)30-19-11-14-26(15-12-19)23(27)25-29-2/h3-10,13,19H,11-12,14-15H2,1-2H3,(H,25,27). The molecule has 0 bridgehead atoms. The molecule has 3 aromatic rings. The van der Waals surface area contributed by atoms with E-state index in [1.807, 2.05) is 36.4 Å². The number of benzene rings is 2. The fraction of sp³-hybridized carbons (Fsp3) is 0.304. The van der Waals surface area contributed by atoms with E-state index in [1.165, 1.54) is 7.11 Å². The van der Waals surface area contributed by atoms with E-state index in [1.54, 1.807) is 18.2 Å². The third kappa shape index (κ3) is 4.16. The summed E-state index contributed by atoms with van der Waals surface area (Å²) in [7, 11) is 3.10. The van der Waals surface area contributed by atoms with Crippen molar-refractivity contribution in [1.82, 2.24) is 15.4 Å². The highest BCUT2D eigenvalue weighted by molar-refractivity contribution is 5.92. The largest absolute Gasteiger partial charge is 0.494 e. The SMILES string of the molecule is CONC(=O)N1CCC(Oc2ccc(-c3ccc4cccnc4c3OC)cc2)CC1. The van der Waals surface area contributed by atoms with Crippen LogP contribution >= 0.6 is 0 Å². The lowest BCUT2D eigenvalue weighted by molar-refractivity contribution is 0.0668. The van der Waals surface area contributed by atoms with E-state index in [0.29, 0.717) is 13.1 Å². The predicted molar refractivity (Wildman–Crippen MR) is 114 cm³/mol. The van der Waals surface area contributed by atoms with E-state index >= 15 is 0 Å². The van der Waals surface area contributed by atoms with Crippen molar-refractivity contribution in [2.24, 2.45) is 0 Å². The molecule has 7 heteroatoms. The van der Waals surface area contributed by atoms with Crippen LogP contribution < -0.4 is 15.0 Å². The summed E-state index contributed by atoms with van der Waals surface area (Å²) in [6, 6.07) is 15.9. The third-order valence-electron chi connectivity index (χ3n) is 5.32. The van der Waals surface area contributed by atoms with Gasteiger partial charge in [-0.3, -0.25) is 9.82 Å². The van der Waals surface area contributed by atoms with E-state index in [0.717, 1.165) is 46.4 Å². The van der Waals surface area contributed by atoms with Crippen molar-refractivity contribution in [3.8, 4) is 22.6 Å². The Morgan fingerprint density at radius 3 is 2.53 bits per heavy atom. The predicted octanol–water partition coefficient (Wildman–Crippen LogP) is 4.02. The van der Waals surface area contributed by atoms with Crippen LogP contribution in [-0.2, 0) is 4.84 Å². The van der Waals surface area contributed by atoms with Gasteiger partial charge in [-0.15, -0.1) is 0 Å². The van der Waals surface area contributed by atoms with Gasteiger partial charge in [0.2, 0.25) is 0 Å². The number of carbonyl (C=O) groups is 1. The molecule has 7 nitrogen and oxygen atoms in total. The first kappa shape index (κ1) is 20.0. The maximum absolute atomic E-state index is 11.8. The fourth-order valence-electron chi connectivity index (χ4n) is 3.79. The topological polar surface area (TPSA) is 72.9 Å². The van der Waals surface area contributed by atoms with Crippen molar-refractivity contribution in [3.63, 3.8) is 0 Å². The molecule has 1 fully saturated rings. The van der Waals surface area contributed by atoms with Gasteiger partial charge in [-0.25, -0.2) is 10.3 Å². The Morgan fingerprint density at radius 1 is 1.07 bits per heavy atom. The minimum Gasteiger partial charge on any atom is -0.494 e. The average Bonchev–Trinajstić information content (AvgIpc) is 2.79. The second kappa shape index (κ2) is 9.00. The average molecular weight is 407 g/mol. The first-order chi connectivity index (χ1) is 14.7. The lowest BCUT2D eigenvalue weighted by atomic mass is 10.0. The Labute approximate surface area is 175 Å². The molecule has 30 heavy (non-hydrogen) atoms. The normalized spacial score (nSPS) is 14.5. The molecule has 0 radical (unpaired) electrons. The minimum absolute atomic E-state index is 0.0850. The number of aromatic nitrogens is 1. The Bertz CT molecular complexity index is 1010. The van der Waals surface area contributed by atoms with E-state index in [-0.39, 0.29) is 12.1 Å². The van der Waals surface area contributed by atoms with Crippen LogP contribution in [0.4, 0.5) is 4.79 Å². The molecule has 0 saturated carbocycles. The number of nitrogens with zero attached hydrogens (tertiary/aromatic N) is 2. The van der Waals surface area contributed by atoms with E-state index in [2.05, 4.69) is 27.4 Å². The van der Waals surface area contributed by atoms with Crippen molar-refractivity contribution in [2.75, 3.05) is 27.3 Å². The number of amides is 2. The summed E-state index contributed by atoms with van der Waals surface area (Å²) in [4.78, 5) is 22.7. The second-order valence-corrected chi connectivity index (χ2v) is 7.16. The number of fused-ring (bicyclic) bond motifs is 1. The van der Waals surface area contributed by atoms with Crippen molar-refractivity contribution >= 4 is 16.9 Å². The van der Waals surface area contributed by atoms with Gasteiger partial charge in [-0.1, -0.05) is 24.3 Å². The smallest absolute Gasteiger partial charge is 0.341 e. The number of hydrogen-bond acceptors (Lipinski definition) is 5. The van der Waals surface area contributed by atoms with Crippen LogP contribution in [0.25, 0.3) is 22.0 Å². The summed E-state index contributed by atoms with van der Waals surface area (Å²) < 4.78 is 11.8. The fourth-order valence-corrected chi connectivity index (χ4v) is 3.79. The second-order valence-electron chi connectivity index (χ2n) is 7.16. The quantitative estimate of drug-likeness (QED) is 0.647. The van der Waals surface area contributed by atoms with Gasteiger partial charge in [0.25, 0.3) is 0 Å². The summed E-state index contributed by atoms with van der Waals surface area (Å²) in [5.74, 6) is 1.58. The zero-order valence-electron chi connectivity index (χ0n) is 17.1. The molecule has 2 amide bonds. The number of rotatable bonds is 5. The van der Waals surface area contributed by atoms with Crippen molar-refractivity contribution in [2.45, 2.75) is 18.9 Å². The van der Waals surface area contributed by atoms with Crippen molar-refractivity contribution < 1.29 is 19.1 Å². The molecule has 1 saturated heterocycles. The monoisotopic (exact) mass is 407 g/mol. The van der Waals surface area contributed by atoms with E-state index < -0.39 is 0 Å². The summed E-state index contributed by atoms with van der Waals surface area (Å²) in [6.45, 7) is 1.28. The Morgan fingerprint density at radius 2 is 1.83 bits per heavy atom. The number of hydroxylamine groups is 1. The Balaban J connectivity index is 1.44. The molecular formula is C23H25N3O4. The van der Waals surface area contributed by atoms with Crippen molar-refractivity contribution in [3.05, 3.63) is 54.7 Å². The lowest BCUT2D eigenvalue weighted by Gasteiger charge is -2.31. The van der Waals surface area contributed by atoms with Crippen LogP contribution in [0.5, 0.6) is 11.5 Å². The number of piperidine rings is 1. The molecule has 1 aliphatic heterocycles. The maximum atomic E-state index is 11.8. The summed E-state index contributed by atoms with van der Waals surface area (Å²) in [6.07, 6.45) is 3.42.